The van der Waals surface area contributed by atoms with E-state index < -0.39 is 0 Å². The van der Waals surface area contributed by atoms with Crippen LogP contribution in [0.25, 0.3) is 0 Å². The van der Waals surface area contributed by atoms with Crippen LogP contribution >= 0.6 is 12.1 Å². The van der Waals surface area contributed by atoms with Gasteiger partial charge < -0.3 is 15.7 Å². The van der Waals surface area contributed by atoms with Gasteiger partial charge in [-0.15, -0.1) is 0 Å². The molecule has 0 aliphatic rings. The molecule has 0 fully saturated rings. The first-order valence-corrected chi connectivity index (χ1v) is 4.18. The van der Waals surface area contributed by atoms with Crippen molar-refractivity contribution in [3.05, 3.63) is 0 Å². The molecule has 0 saturated heterocycles. The smallest absolute Gasteiger partial charge is 0.0596 e. The highest BCUT2D eigenvalue weighted by atomic mass is 32.2. The van der Waals surface area contributed by atoms with Crippen LogP contribution < -0.4 is 4.72 Å². The van der Waals surface area contributed by atoms with Gasteiger partial charge in [-0.1, -0.05) is 6.92 Å². The van der Waals surface area contributed by atoms with Gasteiger partial charge in [-0.25, -0.2) is 9.03 Å². The number of ether oxygens (including phenoxy) is 1. The number of hydrogen-bond acceptors (Lipinski definition) is 4. The molecule has 5 N–H and O–H groups in total. The summed E-state index contributed by atoms with van der Waals surface area (Å²) in [7, 11) is 3.75. The summed E-state index contributed by atoms with van der Waals surface area (Å²) in [5.74, 6) is 0. The first kappa shape index (κ1) is 18.0. The van der Waals surface area contributed by atoms with E-state index in [0.29, 0.717) is 0 Å². The van der Waals surface area contributed by atoms with Crippen molar-refractivity contribution in [1.82, 2.24) is 9.03 Å². The Balaban J connectivity index is -0.000000405. The molecule has 0 rings (SSSR count). The fourth-order valence-electron chi connectivity index (χ4n) is 0.364. The lowest BCUT2D eigenvalue weighted by molar-refractivity contribution is 0.205. The Kier molecular flexibility index (Phi) is 20.6. The Morgan fingerprint density at radius 2 is 2.00 bits per heavy atom. The number of rotatable bonds is 6. The second kappa shape index (κ2) is 13.7. The summed E-state index contributed by atoms with van der Waals surface area (Å²) in [5, 5.41) is 0. The van der Waals surface area contributed by atoms with Crippen molar-refractivity contribution in [3.63, 3.8) is 0 Å². The van der Waals surface area contributed by atoms with Gasteiger partial charge in [0.1, 0.15) is 0 Å². The second-order valence-electron chi connectivity index (χ2n) is 1.92. The van der Waals surface area contributed by atoms with E-state index in [0.717, 1.165) is 19.7 Å². The standard InChI is InChI=1S/C6H16N2OS.2H2O/c1-4-8(2)10-7-5-6-9-3;;/h7H,4-6H2,1-3H3;2*1H2. The molecule has 12 heavy (non-hydrogen) atoms. The molecule has 6 heteroatoms. The summed E-state index contributed by atoms with van der Waals surface area (Å²) in [6.07, 6.45) is 0. The monoisotopic (exact) mass is 200 g/mol. The molecule has 0 aromatic carbocycles. The Morgan fingerprint density at radius 3 is 2.42 bits per heavy atom. The summed E-state index contributed by atoms with van der Waals surface area (Å²) in [6, 6.07) is 0. The molecule has 78 valence electrons. The first-order chi connectivity index (χ1) is 4.81. The maximum absolute atomic E-state index is 4.86. The summed E-state index contributed by atoms with van der Waals surface area (Å²) < 4.78 is 10.1. The van der Waals surface area contributed by atoms with Crippen LogP contribution in [0.15, 0.2) is 0 Å². The minimum absolute atomic E-state index is 0. The lowest BCUT2D eigenvalue weighted by Gasteiger charge is -2.11. The van der Waals surface area contributed by atoms with Gasteiger partial charge in [0, 0.05) is 32.3 Å². The molecule has 0 aromatic rings. The van der Waals surface area contributed by atoms with Gasteiger partial charge in [-0.05, 0) is 7.05 Å². The van der Waals surface area contributed by atoms with E-state index in [1.54, 1.807) is 19.2 Å². The van der Waals surface area contributed by atoms with Gasteiger partial charge in [-0.2, -0.15) is 0 Å². The average molecular weight is 200 g/mol. The van der Waals surface area contributed by atoms with Gasteiger partial charge in [0.15, 0.2) is 0 Å². The third-order valence-corrected chi connectivity index (χ3v) is 1.98. The van der Waals surface area contributed by atoms with Crippen molar-refractivity contribution in [2.75, 3.05) is 33.9 Å². The largest absolute Gasteiger partial charge is 0.412 e. The molecule has 0 heterocycles. The minimum Gasteiger partial charge on any atom is -0.412 e. The summed E-state index contributed by atoms with van der Waals surface area (Å²) in [6.45, 7) is 4.83. The Morgan fingerprint density at radius 1 is 1.42 bits per heavy atom. The highest BCUT2D eigenvalue weighted by molar-refractivity contribution is 7.95. The third kappa shape index (κ3) is 12.8. The molecule has 0 aromatic heterocycles. The van der Waals surface area contributed by atoms with Gasteiger partial charge in [-0.3, -0.25) is 0 Å². The van der Waals surface area contributed by atoms with E-state index in [-0.39, 0.29) is 11.0 Å². The molecular weight excluding hydrogens is 180 g/mol. The zero-order valence-electron chi connectivity index (χ0n) is 7.89. The molecular formula is C6H20N2O3S. The predicted molar refractivity (Wildman–Crippen MR) is 53.0 cm³/mol. The number of hydrogen-bond donors (Lipinski definition) is 1. The van der Waals surface area contributed by atoms with E-state index >= 15 is 0 Å². The molecule has 0 atom stereocenters. The molecule has 0 amide bonds. The SMILES string of the molecule is CCN(C)SNCCOC.O.O. The lowest BCUT2D eigenvalue weighted by atomic mass is 10.7. The molecule has 0 radical (unpaired) electrons. The summed E-state index contributed by atoms with van der Waals surface area (Å²) in [5.41, 5.74) is 0. The van der Waals surface area contributed by atoms with Crippen LogP contribution in [-0.4, -0.2) is 49.1 Å². The fourth-order valence-corrected chi connectivity index (χ4v) is 0.888. The summed E-state index contributed by atoms with van der Waals surface area (Å²) in [4.78, 5) is 0. The molecule has 0 unspecified atom stereocenters. The number of nitrogens with zero attached hydrogens (tertiary/aromatic N) is 1. The van der Waals surface area contributed by atoms with Gasteiger partial charge >= 0.3 is 0 Å². The van der Waals surface area contributed by atoms with Crippen LogP contribution in [0.2, 0.25) is 0 Å². The maximum atomic E-state index is 4.86. The van der Waals surface area contributed by atoms with Gasteiger partial charge in [0.25, 0.3) is 0 Å². The molecule has 5 nitrogen and oxygen atoms in total. The zero-order chi connectivity index (χ0) is 7.82. The number of nitrogens with one attached hydrogen (secondary N) is 1. The van der Waals surface area contributed by atoms with E-state index in [2.05, 4.69) is 16.0 Å². The van der Waals surface area contributed by atoms with Crippen molar-refractivity contribution in [3.8, 4) is 0 Å². The van der Waals surface area contributed by atoms with E-state index in [1.807, 2.05) is 7.05 Å². The molecule has 0 spiro atoms. The third-order valence-electron chi connectivity index (χ3n) is 1.07. The average Bonchev–Trinajstić information content (AvgIpc) is 1.98. The Bertz CT molecular complexity index is 77.8. The number of methoxy groups -OCH3 is 1. The van der Waals surface area contributed by atoms with E-state index in [1.165, 1.54) is 0 Å². The van der Waals surface area contributed by atoms with Gasteiger partial charge in [0.05, 0.1) is 6.61 Å². The van der Waals surface area contributed by atoms with Crippen LogP contribution in [0.4, 0.5) is 0 Å². The van der Waals surface area contributed by atoms with Gasteiger partial charge in [0.2, 0.25) is 0 Å². The molecule has 0 aliphatic heterocycles. The quantitative estimate of drug-likeness (QED) is 0.444. The Hall–Kier alpha value is 0.150. The van der Waals surface area contributed by atoms with Crippen molar-refractivity contribution in [1.29, 1.82) is 0 Å². The van der Waals surface area contributed by atoms with Crippen molar-refractivity contribution in [2.24, 2.45) is 0 Å². The van der Waals surface area contributed by atoms with Crippen LogP contribution in [0.5, 0.6) is 0 Å². The van der Waals surface area contributed by atoms with E-state index in [9.17, 15) is 0 Å². The van der Waals surface area contributed by atoms with Crippen LogP contribution in [0.1, 0.15) is 6.92 Å². The zero-order valence-corrected chi connectivity index (χ0v) is 8.70. The van der Waals surface area contributed by atoms with Crippen molar-refractivity contribution < 1.29 is 15.7 Å². The van der Waals surface area contributed by atoms with Crippen molar-refractivity contribution in [2.45, 2.75) is 6.92 Å². The lowest BCUT2D eigenvalue weighted by Crippen LogP contribution is -2.19. The van der Waals surface area contributed by atoms with E-state index in [4.69, 9.17) is 4.74 Å². The molecule has 0 saturated carbocycles. The second-order valence-corrected chi connectivity index (χ2v) is 3.02. The van der Waals surface area contributed by atoms with Crippen LogP contribution in [-0.2, 0) is 4.74 Å². The minimum atomic E-state index is 0. The molecule has 0 aliphatic carbocycles. The first-order valence-electron chi connectivity index (χ1n) is 3.41. The highest BCUT2D eigenvalue weighted by Gasteiger charge is 1.91. The van der Waals surface area contributed by atoms with Crippen LogP contribution in [0, 0.1) is 0 Å². The predicted octanol–water partition coefficient (Wildman–Crippen LogP) is -0.912. The topological polar surface area (TPSA) is 87.5 Å². The summed E-state index contributed by atoms with van der Waals surface area (Å²) >= 11 is 1.62. The van der Waals surface area contributed by atoms with Crippen molar-refractivity contribution >= 4 is 12.1 Å². The molecule has 0 bridgehead atoms. The maximum Gasteiger partial charge on any atom is 0.0596 e. The Labute approximate surface area is 78.3 Å². The fraction of sp³-hybridized carbons (Fsp3) is 1.00. The highest BCUT2D eigenvalue weighted by Crippen LogP contribution is 1.97. The normalized spacial score (nSPS) is 9.00. The van der Waals surface area contributed by atoms with Crippen LogP contribution in [0.3, 0.4) is 0 Å².